The maximum atomic E-state index is 13.4. The van der Waals surface area contributed by atoms with Gasteiger partial charge in [-0.1, -0.05) is 0 Å². The number of nitrogens with zero attached hydrogens (tertiary/aromatic N) is 2. The number of likely N-dealkylation sites (tertiary alicyclic amines) is 1. The number of nitrogens with one attached hydrogen (secondary N) is 3. The Kier molecular flexibility index (Phi) is 6.75. The molecule has 0 saturated carbocycles. The average Bonchev–Trinajstić information content (AvgIpc) is 3.14. The number of ether oxygens (including phenoxy) is 1. The lowest BCUT2D eigenvalue weighted by Crippen LogP contribution is -2.47. The highest BCUT2D eigenvalue weighted by Gasteiger charge is 2.28. The fraction of sp³-hybridized carbons (Fsp3) is 0.429. The summed E-state index contributed by atoms with van der Waals surface area (Å²) >= 11 is 0. The molecule has 0 atom stereocenters. The molecule has 3 amide bonds. The lowest BCUT2D eigenvalue weighted by molar-refractivity contribution is 0.0199. The van der Waals surface area contributed by atoms with Crippen LogP contribution in [0.15, 0.2) is 24.4 Å². The second kappa shape index (κ2) is 9.33. The molecule has 1 aliphatic heterocycles. The van der Waals surface area contributed by atoms with Gasteiger partial charge in [0.05, 0.1) is 5.69 Å². The molecule has 3 N–H and O–H groups in total. The molecule has 0 bridgehead atoms. The standard InChI is InChI=1S/C21H25F2N5O4/c1-21(2,3)32-20(31)28-6-4-15(5-7-28)25-19(30)17-16(11-24-27-17)26-18(29)12-8-13(22)10-14(23)9-12/h8-11,15H,4-7H2,1-3H3,(H,24,27)(H,25,30)(H,26,29). The number of hydrogen-bond donors (Lipinski definition) is 3. The monoisotopic (exact) mass is 449 g/mol. The van der Waals surface area contributed by atoms with Gasteiger partial charge in [-0.25, -0.2) is 13.6 Å². The van der Waals surface area contributed by atoms with Crippen molar-refractivity contribution in [3.8, 4) is 0 Å². The summed E-state index contributed by atoms with van der Waals surface area (Å²) in [5.74, 6) is -3.09. The molecule has 0 spiro atoms. The van der Waals surface area contributed by atoms with Crippen LogP contribution in [0, 0.1) is 11.6 Å². The molecular weight excluding hydrogens is 424 g/mol. The molecule has 1 aromatic carbocycles. The number of halogens is 2. The van der Waals surface area contributed by atoms with E-state index in [-0.39, 0.29) is 23.0 Å². The van der Waals surface area contributed by atoms with Crippen LogP contribution in [-0.4, -0.2) is 57.7 Å². The van der Waals surface area contributed by atoms with E-state index in [0.717, 1.165) is 12.1 Å². The van der Waals surface area contributed by atoms with Gasteiger partial charge in [-0.3, -0.25) is 14.7 Å². The summed E-state index contributed by atoms with van der Waals surface area (Å²) in [4.78, 5) is 38.7. The van der Waals surface area contributed by atoms with Crippen LogP contribution in [-0.2, 0) is 4.74 Å². The van der Waals surface area contributed by atoms with Gasteiger partial charge in [0.2, 0.25) is 0 Å². The Labute approximate surface area is 183 Å². The number of piperidine rings is 1. The zero-order valence-corrected chi connectivity index (χ0v) is 18.0. The second-order valence-corrected chi connectivity index (χ2v) is 8.47. The largest absolute Gasteiger partial charge is 0.444 e. The average molecular weight is 449 g/mol. The van der Waals surface area contributed by atoms with Crippen LogP contribution >= 0.6 is 0 Å². The zero-order valence-electron chi connectivity index (χ0n) is 18.0. The van der Waals surface area contributed by atoms with Crippen LogP contribution in [0.4, 0.5) is 19.3 Å². The quantitative estimate of drug-likeness (QED) is 0.663. The maximum absolute atomic E-state index is 13.4. The topological polar surface area (TPSA) is 116 Å². The van der Waals surface area contributed by atoms with E-state index in [4.69, 9.17) is 4.74 Å². The van der Waals surface area contributed by atoms with E-state index >= 15 is 0 Å². The molecule has 1 fully saturated rings. The Bertz CT molecular complexity index is 990. The van der Waals surface area contributed by atoms with Crippen LogP contribution in [0.25, 0.3) is 0 Å². The van der Waals surface area contributed by atoms with Crippen molar-refractivity contribution in [2.75, 3.05) is 18.4 Å². The molecule has 0 unspecified atom stereocenters. The minimum absolute atomic E-state index is 0.0650. The molecule has 3 rings (SSSR count). The van der Waals surface area contributed by atoms with Crippen LogP contribution in [0.3, 0.4) is 0 Å². The Morgan fingerprint density at radius 1 is 1.09 bits per heavy atom. The van der Waals surface area contributed by atoms with Crippen LogP contribution in [0.2, 0.25) is 0 Å². The Morgan fingerprint density at radius 3 is 2.31 bits per heavy atom. The number of carbonyl (C=O) groups is 3. The SMILES string of the molecule is CC(C)(C)OC(=O)N1CCC(NC(=O)c2n[nH]cc2NC(=O)c2cc(F)cc(F)c2)CC1. The van der Waals surface area contributed by atoms with Gasteiger partial charge in [0.25, 0.3) is 11.8 Å². The molecule has 0 radical (unpaired) electrons. The fourth-order valence-electron chi connectivity index (χ4n) is 3.22. The molecule has 1 aliphatic rings. The first-order valence-corrected chi connectivity index (χ1v) is 10.1. The van der Waals surface area contributed by atoms with Crippen molar-refractivity contribution >= 4 is 23.6 Å². The summed E-state index contributed by atoms with van der Waals surface area (Å²) in [5, 5.41) is 11.6. The normalized spacial score (nSPS) is 14.7. The van der Waals surface area contributed by atoms with Gasteiger partial charge in [0.1, 0.15) is 17.2 Å². The van der Waals surface area contributed by atoms with Crippen LogP contribution in [0.5, 0.6) is 0 Å². The number of amides is 3. The van der Waals surface area contributed by atoms with Crippen LogP contribution in [0.1, 0.15) is 54.5 Å². The van der Waals surface area contributed by atoms with Crippen molar-refractivity contribution in [2.45, 2.75) is 45.3 Å². The summed E-state index contributed by atoms with van der Waals surface area (Å²) in [7, 11) is 0. The number of aromatic amines is 1. The number of anilines is 1. The Morgan fingerprint density at radius 2 is 1.72 bits per heavy atom. The fourth-order valence-corrected chi connectivity index (χ4v) is 3.22. The van der Waals surface area contributed by atoms with Gasteiger partial charge >= 0.3 is 6.09 Å². The predicted octanol–water partition coefficient (Wildman–Crippen LogP) is 3.07. The van der Waals surface area contributed by atoms with E-state index in [1.54, 1.807) is 25.7 Å². The van der Waals surface area contributed by atoms with Gasteiger partial charge in [-0.15, -0.1) is 0 Å². The van der Waals surface area contributed by atoms with Crippen LogP contribution < -0.4 is 10.6 Å². The van der Waals surface area contributed by atoms with Gasteiger partial charge < -0.3 is 20.3 Å². The third kappa shape index (κ3) is 6.02. The second-order valence-electron chi connectivity index (χ2n) is 8.47. The van der Waals surface area contributed by atoms with Crippen molar-refractivity contribution < 1.29 is 27.9 Å². The van der Waals surface area contributed by atoms with Crippen molar-refractivity contribution in [1.82, 2.24) is 20.4 Å². The van der Waals surface area contributed by atoms with E-state index in [1.165, 1.54) is 6.20 Å². The molecule has 9 nitrogen and oxygen atoms in total. The first-order valence-electron chi connectivity index (χ1n) is 10.1. The van der Waals surface area contributed by atoms with E-state index in [9.17, 15) is 23.2 Å². The Balaban J connectivity index is 1.57. The summed E-state index contributed by atoms with van der Waals surface area (Å²) in [6, 6.07) is 2.23. The molecule has 1 aromatic heterocycles. The highest BCUT2D eigenvalue weighted by molar-refractivity contribution is 6.08. The third-order valence-corrected chi connectivity index (χ3v) is 4.71. The van der Waals surface area contributed by atoms with Crippen molar-refractivity contribution in [1.29, 1.82) is 0 Å². The first-order chi connectivity index (χ1) is 15.0. The molecular formula is C21H25F2N5O4. The number of hydrogen-bond acceptors (Lipinski definition) is 5. The summed E-state index contributed by atoms with van der Waals surface area (Å²) < 4.78 is 32.1. The lowest BCUT2D eigenvalue weighted by Gasteiger charge is -2.33. The smallest absolute Gasteiger partial charge is 0.410 e. The van der Waals surface area contributed by atoms with Crippen molar-refractivity contribution in [2.24, 2.45) is 0 Å². The number of rotatable bonds is 4. The summed E-state index contributed by atoms with van der Waals surface area (Å²) in [5.41, 5.74) is -0.807. The highest BCUT2D eigenvalue weighted by Crippen LogP contribution is 2.18. The minimum Gasteiger partial charge on any atom is -0.444 e. The molecule has 11 heteroatoms. The molecule has 2 aromatic rings. The molecule has 0 aliphatic carbocycles. The molecule has 1 saturated heterocycles. The third-order valence-electron chi connectivity index (χ3n) is 4.71. The number of benzene rings is 1. The first kappa shape index (κ1) is 23.2. The van der Waals surface area contributed by atoms with Gasteiger partial charge in [-0.05, 0) is 45.7 Å². The molecule has 32 heavy (non-hydrogen) atoms. The lowest BCUT2D eigenvalue weighted by atomic mass is 10.1. The Hall–Kier alpha value is -3.50. The van der Waals surface area contributed by atoms with Gasteiger partial charge in [-0.2, -0.15) is 5.10 Å². The van der Waals surface area contributed by atoms with E-state index < -0.39 is 35.1 Å². The number of carbonyl (C=O) groups excluding carboxylic acids is 3. The maximum Gasteiger partial charge on any atom is 0.410 e. The zero-order chi connectivity index (χ0) is 23.5. The number of H-pyrrole nitrogens is 1. The van der Waals surface area contributed by atoms with Gasteiger partial charge in [0.15, 0.2) is 5.69 Å². The summed E-state index contributed by atoms with van der Waals surface area (Å²) in [6.45, 7) is 6.24. The number of aromatic nitrogens is 2. The van der Waals surface area contributed by atoms with E-state index in [0.29, 0.717) is 32.0 Å². The van der Waals surface area contributed by atoms with E-state index in [2.05, 4.69) is 20.8 Å². The highest BCUT2D eigenvalue weighted by atomic mass is 19.1. The molecule has 172 valence electrons. The van der Waals surface area contributed by atoms with Crippen molar-refractivity contribution in [3.05, 3.63) is 47.3 Å². The summed E-state index contributed by atoms with van der Waals surface area (Å²) in [6.07, 6.45) is 1.96. The van der Waals surface area contributed by atoms with Gasteiger partial charge in [0, 0.05) is 37.0 Å². The predicted molar refractivity (Wildman–Crippen MR) is 111 cm³/mol. The molecule has 2 heterocycles. The minimum atomic E-state index is -0.891. The van der Waals surface area contributed by atoms with E-state index in [1.807, 2.05) is 0 Å². The van der Waals surface area contributed by atoms with Crippen molar-refractivity contribution in [3.63, 3.8) is 0 Å².